The number of nitriles is 1. The number of nitrogens with one attached hydrogen (secondary N) is 1. The third kappa shape index (κ3) is 5.43. The monoisotopic (exact) mass is 446 g/mol. The van der Waals surface area contributed by atoms with Crippen molar-refractivity contribution < 1.29 is 18.0 Å². The zero-order valence-electron chi connectivity index (χ0n) is 18.1. The lowest BCUT2D eigenvalue weighted by Gasteiger charge is -2.37. The fourth-order valence-electron chi connectivity index (χ4n) is 4.11. The van der Waals surface area contributed by atoms with Crippen molar-refractivity contribution in [3.05, 3.63) is 29.8 Å². The summed E-state index contributed by atoms with van der Waals surface area (Å²) in [5, 5.41) is 11.9. The lowest BCUT2D eigenvalue weighted by atomic mass is 9.94. The number of hydrogen-bond donors (Lipinski definition) is 1. The summed E-state index contributed by atoms with van der Waals surface area (Å²) in [6.45, 7) is 5.47. The first-order chi connectivity index (χ1) is 14.7. The van der Waals surface area contributed by atoms with Crippen LogP contribution in [-0.4, -0.2) is 61.7 Å². The van der Waals surface area contributed by atoms with E-state index in [-0.39, 0.29) is 34.6 Å². The van der Waals surface area contributed by atoms with Gasteiger partial charge in [-0.2, -0.15) is 9.57 Å². The molecule has 2 amide bonds. The molecule has 1 atom stereocenters. The average molecular weight is 447 g/mol. The number of benzene rings is 1. The molecular weight excluding hydrogens is 416 g/mol. The van der Waals surface area contributed by atoms with Gasteiger partial charge in [0.05, 0.1) is 16.5 Å². The first-order valence-electron chi connectivity index (χ1n) is 10.8. The van der Waals surface area contributed by atoms with E-state index in [1.54, 1.807) is 0 Å². The van der Waals surface area contributed by atoms with Crippen molar-refractivity contribution >= 4 is 21.8 Å². The Morgan fingerprint density at radius 1 is 1.10 bits per heavy atom. The molecule has 2 saturated heterocycles. The van der Waals surface area contributed by atoms with Crippen molar-refractivity contribution in [3.63, 3.8) is 0 Å². The summed E-state index contributed by atoms with van der Waals surface area (Å²) >= 11 is 0. The Morgan fingerprint density at radius 2 is 1.74 bits per heavy atom. The molecule has 2 aliphatic rings. The van der Waals surface area contributed by atoms with E-state index >= 15 is 0 Å². The lowest BCUT2D eigenvalue weighted by Crippen LogP contribution is -2.52. The van der Waals surface area contributed by atoms with E-state index in [1.807, 2.05) is 24.8 Å². The number of rotatable bonds is 5. The van der Waals surface area contributed by atoms with Crippen molar-refractivity contribution in [2.24, 2.45) is 11.8 Å². The van der Waals surface area contributed by atoms with Crippen molar-refractivity contribution in [3.8, 4) is 6.07 Å². The molecule has 0 aliphatic carbocycles. The van der Waals surface area contributed by atoms with Crippen LogP contribution in [0.3, 0.4) is 0 Å². The molecule has 9 heteroatoms. The Labute approximate surface area is 184 Å². The predicted molar refractivity (Wildman–Crippen MR) is 115 cm³/mol. The fourth-order valence-corrected chi connectivity index (χ4v) is 5.58. The van der Waals surface area contributed by atoms with E-state index < -0.39 is 10.0 Å². The van der Waals surface area contributed by atoms with Gasteiger partial charge in [-0.25, -0.2) is 8.42 Å². The van der Waals surface area contributed by atoms with Crippen LogP contribution in [0.15, 0.2) is 29.2 Å². The highest BCUT2D eigenvalue weighted by atomic mass is 32.2. The quantitative estimate of drug-likeness (QED) is 0.740. The molecule has 0 spiro atoms. The topological polar surface area (TPSA) is 111 Å². The maximum Gasteiger partial charge on any atom is 0.243 e. The highest BCUT2D eigenvalue weighted by Crippen LogP contribution is 2.26. The molecule has 1 aromatic carbocycles. The minimum atomic E-state index is -3.64. The number of hydrogen-bond acceptors (Lipinski definition) is 5. The summed E-state index contributed by atoms with van der Waals surface area (Å²) in [6.07, 6.45) is 2.67. The Balaban J connectivity index is 1.56. The maximum atomic E-state index is 13.0. The molecule has 0 aromatic heterocycles. The SMILES string of the molecule is CC(C)C(=O)NC1CCCN(C(=O)C2CCN(S(=O)(=O)c3ccc(C#N)cc3)CC2)C1. The predicted octanol–water partition coefficient (Wildman–Crippen LogP) is 1.72. The Morgan fingerprint density at radius 3 is 2.32 bits per heavy atom. The molecule has 2 heterocycles. The average Bonchev–Trinajstić information content (AvgIpc) is 2.78. The van der Waals surface area contributed by atoms with Crippen LogP contribution >= 0.6 is 0 Å². The first-order valence-corrected chi connectivity index (χ1v) is 12.3. The summed E-state index contributed by atoms with van der Waals surface area (Å²) in [5.41, 5.74) is 0.410. The minimum absolute atomic E-state index is 0.000571. The van der Waals surface area contributed by atoms with Gasteiger partial charge in [0.15, 0.2) is 0 Å². The van der Waals surface area contributed by atoms with E-state index in [2.05, 4.69) is 5.32 Å². The van der Waals surface area contributed by atoms with Crippen molar-refractivity contribution in [1.29, 1.82) is 5.26 Å². The summed E-state index contributed by atoms with van der Waals surface area (Å²) in [7, 11) is -3.64. The highest BCUT2D eigenvalue weighted by Gasteiger charge is 2.35. The molecule has 2 fully saturated rings. The van der Waals surface area contributed by atoms with Gasteiger partial charge in [-0.3, -0.25) is 9.59 Å². The van der Waals surface area contributed by atoms with Gasteiger partial charge in [-0.1, -0.05) is 13.8 Å². The second kappa shape index (κ2) is 9.79. The van der Waals surface area contributed by atoms with Crippen LogP contribution in [0.25, 0.3) is 0 Å². The van der Waals surface area contributed by atoms with Gasteiger partial charge >= 0.3 is 0 Å². The molecule has 0 radical (unpaired) electrons. The lowest BCUT2D eigenvalue weighted by molar-refractivity contribution is -0.139. The molecular formula is C22H30N4O4S. The van der Waals surface area contributed by atoms with Gasteiger partial charge in [-0.15, -0.1) is 0 Å². The Bertz CT molecular complexity index is 945. The van der Waals surface area contributed by atoms with E-state index in [0.29, 0.717) is 44.6 Å². The standard InChI is InChI=1S/C22H30N4O4S/c1-16(2)21(27)24-19-4-3-11-25(15-19)22(28)18-9-12-26(13-10-18)31(29,30)20-7-5-17(14-23)6-8-20/h5-8,16,18-19H,3-4,9-13,15H2,1-2H3,(H,24,27). The second-order valence-corrected chi connectivity index (χ2v) is 10.5. The summed E-state index contributed by atoms with van der Waals surface area (Å²) in [5.74, 6) is -0.236. The summed E-state index contributed by atoms with van der Waals surface area (Å²) in [4.78, 5) is 27.0. The van der Waals surface area contributed by atoms with Gasteiger partial charge in [0, 0.05) is 44.1 Å². The number of likely N-dealkylation sites (tertiary alicyclic amines) is 1. The third-order valence-electron chi connectivity index (χ3n) is 6.03. The van der Waals surface area contributed by atoms with Crippen LogP contribution in [0.2, 0.25) is 0 Å². The third-order valence-corrected chi connectivity index (χ3v) is 7.94. The van der Waals surface area contributed by atoms with Crippen molar-refractivity contribution in [1.82, 2.24) is 14.5 Å². The molecule has 8 nitrogen and oxygen atoms in total. The van der Waals surface area contributed by atoms with E-state index in [0.717, 1.165) is 12.8 Å². The summed E-state index contributed by atoms with van der Waals surface area (Å²) < 4.78 is 27.2. The zero-order chi connectivity index (χ0) is 22.6. The molecule has 168 valence electrons. The Kier molecular flexibility index (Phi) is 7.34. The largest absolute Gasteiger partial charge is 0.351 e. The van der Waals surface area contributed by atoms with Crippen molar-refractivity contribution in [2.45, 2.75) is 50.5 Å². The summed E-state index contributed by atoms with van der Waals surface area (Å²) in [6, 6.07) is 7.84. The van der Waals surface area contributed by atoms with E-state index in [1.165, 1.54) is 28.6 Å². The number of nitrogens with zero attached hydrogens (tertiary/aromatic N) is 3. The van der Waals surface area contributed by atoms with Crippen LogP contribution in [0.5, 0.6) is 0 Å². The Hall–Kier alpha value is -2.44. The molecule has 3 rings (SSSR count). The fraction of sp³-hybridized carbons (Fsp3) is 0.591. The molecule has 2 aliphatic heterocycles. The maximum absolute atomic E-state index is 13.0. The number of sulfonamides is 1. The molecule has 1 aromatic rings. The molecule has 0 saturated carbocycles. The van der Waals surface area contributed by atoms with Crippen LogP contribution in [0, 0.1) is 23.2 Å². The smallest absolute Gasteiger partial charge is 0.243 e. The highest BCUT2D eigenvalue weighted by molar-refractivity contribution is 7.89. The van der Waals surface area contributed by atoms with Crippen LogP contribution < -0.4 is 5.32 Å². The van der Waals surface area contributed by atoms with Crippen LogP contribution in [0.1, 0.15) is 45.1 Å². The van der Waals surface area contributed by atoms with Gasteiger partial charge in [-0.05, 0) is 49.9 Å². The number of amides is 2. The molecule has 1 unspecified atom stereocenters. The molecule has 1 N–H and O–H groups in total. The minimum Gasteiger partial charge on any atom is -0.351 e. The van der Waals surface area contributed by atoms with Gasteiger partial charge in [0.2, 0.25) is 21.8 Å². The second-order valence-electron chi connectivity index (χ2n) is 8.60. The van der Waals surface area contributed by atoms with E-state index in [9.17, 15) is 18.0 Å². The van der Waals surface area contributed by atoms with E-state index in [4.69, 9.17) is 5.26 Å². The van der Waals surface area contributed by atoms with Crippen molar-refractivity contribution in [2.75, 3.05) is 26.2 Å². The first kappa shape index (κ1) is 23.2. The number of piperidine rings is 2. The normalized spacial score (nSPS) is 21.0. The van der Waals surface area contributed by atoms with Crippen LogP contribution in [0.4, 0.5) is 0 Å². The number of carbonyl (C=O) groups excluding carboxylic acids is 2. The molecule has 31 heavy (non-hydrogen) atoms. The van der Waals surface area contributed by atoms with Gasteiger partial charge in [0.1, 0.15) is 0 Å². The number of carbonyl (C=O) groups is 2. The zero-order valence-corrected chi connectivity index (χ0v) is 18.9. The van der Waals surface area contributed by atoms with Gasteiger partial charge < -0.3 is 10.2 Å². The van der Waals surface area contributed by atoms with Crippen LogP contribution in [-0.2, 0) is 19.6 Å². The molecule has 0 bridgehead atoms. The van der Waals surface area contributed by atoms with Gasteiger partial charge in [0.25, 0.3) is 0 Å².